The molecule has 1 aliphatic heterocycles. The van der Waals surface area contributed by atoms with Gasteiger partial charge < -0.3 is 30.1 Å². The summed E-state index contributed by atoms with van der Waals surface area (Å²) in [6.45, 7) is 1.97. The van der Waals surface area contributed by atoms with Crippen molar-refractivity contribution in [3.63, 3.8) is 0 Å². The molecule has 14 heteroatoms. The summed E-state index contributed by atoms with van der Waals surface area (Å²) in [6, 6.07) is 0. The van der Waals surface area contributed by atoms with Gasteiger partial charge in [0.25, 0.3) is 5.56 Å². The Balaban J connectivity index is 1.48. The van der Waals surface area contributed by atoms with Crippen molar-refractivity contribution in [2.45, 2.75) is 121 Å². The third-order valence-corrected chi connectivity index (χ3v) is 7.78. The molecular formula is C26H46N5O8P. The molecule has 0 aliphatic carbocycles. The van der Waals surface area contributed by atoms with Crippen LogP contribution in [0.15, 0.2) is 11.1 Å². The predicted molar refractivity (Wildman–Crippen MR) is 151 cm³/mol. The lowest BCUT2D eigenvalue weighted by Crippen LogP contribution is -2.37. The Bertz CT molecular complexity index is 1120. The number of nitrogen functional groups attached to an aromatic ring is 1. The van der Waals surface area contributed by atoms with Crippen LogP contribution in [0.2, 0.25) is 0 Å². The molecule has 2 aromatic heterocycles. The summed E-state index contributed by atoms with van der Waals surface area (Å²) in [6.07, 6.45) is 14.0. The summed E-state index contributed by atoms with van der Waals surface area (Å²) in [7, 11) is -4.93. The number of unbranched alkanes of at least 4 members (excludes halogenated alkanes) is 13. The molecule has 0 unspecified atom stereocenters. The second-order valence-corrected chi connectivity index (χ2v) is 11.7. The first-order valence-corrected chi connectivity index (χ1v) is 16.1. The molecule has 1 aliphatic rings. The van der Waals surface area contributed by atoms with Crippen molar-refractivity contribution < 1.29 is 33.5 Å². The molecule has 40 heavy (non-hydrogen) atoms. The number of hydrogen-bond donors (Lipinski definition) is 5. The molecule has 228 valence electrons. The molecule has 0 spiro atoms. The van der Waals surface area contributed by atoms with E-state index < -0.39 is 44.5 Å². The maximum atomic E-state index is 12.2. The summed E-state index contributed by atoms with van der Waals surface area (Å²) >= 11 is 0. The minimum absolute atomic E-state index is 0.0171. The third-order valence-electron chi connectivity index (χ3n) is 7.26. The number of phosphoric acid groups is 1. The number of ether oxygens (including phenoxy) is 2. The molecule has 3 rings (SSSR count). The van der Waals surface area contributed by atoms with E-state index in [1.165, 1.54) is 75.1 Å². The van der Waals surface area contributed by atoms with E-state index in [0.717, 1.165) is 25.7 Å². The first-order valence-electron chi connectivity index (χ1n) is 14.6. The van der Waals surface area contributed by atoms with Crippen LogP contribution in [0.3, 0.4) is 0 Å². The molecule has 1 saturated heterocycles. The molecule has 0 saturated carbocycles. The molecule has 1 fully saturated rings. The van der Waals surface area contributed by atoms with Gasteiger partial charge in [-0.3, -0.25) is 18.9 Å². The van der Waals surface area contributed by atoms with E-state index in [4.69, 9.17) is 19.7 Å². The fourth-order valence-corrected chi connectivity index (χ4v) is 5.76. The number of phosphoric ester groups is 1. The van der Waals surface area contributed by atoms with E-state index in [9.17, 15) is 24.3 Å². The SMILES string of the molecule is CCCCCCCCCCCCCCCCO[C@@H]1[C@H](OP(=O)(O)O)[C@@H](CO)O[C@H]1n1cnc2c(=O)[nH]c(N)nc21. The van der Waals surface area contributed by atoms with E-state index in [1.807, 2.05) is 0 Å². The molecule has 13 nitrogen and oxygen atoms in total. The lowest BCUT2D eigenvalue weighted by molar-refractivity contribution is -0.0709. The fourth-order valence-electron chi connectivity index (χ4n) is 5.19. The highest BCUT2D eigenvalue weighted by Gasteiger charge is 2.50. The van der Waals surface area contributed by atoms with Crippen LogP contribution in [0, 0.1) is 0 Å². The predicted octanol–water partition coefficient (Wildman–Crippen LogP) is 3.94. The Morgan fingerprint density at radius 3 is 2.12 bits per heavy atom. The topological polar surface area (TPSA) is 195 Å². The van der Waals surface area contributed by atoms with Crippen LogP contribution in [-0.2, 0) is 18.6 Å². The molecule has 0 radical (unpaired) electrons. The Labute approximate surface area is 235 Å². The molecule has 0 amide bonds. The smallest absolute Gasteiger partial charge is 0.394 e. The molecule has 0 aromatic carbocycles. The van der Waals surface area contributed by atoms with Crippen LogP contribution in [0.25, 0.3) is 11.2 Å². The largest absolute Gasteiger partial charge is 0.470 e. The number of aliphatic hydroxyl groups is 1. The number of nitrogens with zero attached hydrogens (tertiary/aromatic N) is 3. The average Bonchev–Trinajstić information content (AvgIpc) is 3.46. The minimum atomic E-state index is -4.93. The third kappa shape index (κ3) is 9.90. The van der Waals surface area contributed by atoms with E-state index in [2.05, 4.69) is 21.9 Å². The quantitative estimate of drug-likeness (QED) is 0.111. The van der Waals surface area contributed by atoms with Gasteiger partial charge in [0, 0.05) is 6.61 Å². The number of anilines is 1. The number of imidazole rings is 1. The van der Waals surface area contributed by atoms with Crippen molar-refractivity contribution in [1.82, 2.24) is 19.5 Å². The fraction of sp³-hybridized carbons (Fsp3) is 0.808. The van der Waals surface area contributed by atoms with Gasteiger partial charge in [0.15, 0.2) is 17.4 Å². The maximum absolute atomic E-state index is 12.2. The summed E-state index contributed by atoms with van der Waals surface area (Å²) in [5.41, 5.74) is 5.29. The number of nitrogens with one attached hydrogen (secondary N) is 1. The van der Waals surface area contributed by atoms with Gasteiger partial charge in [-0.1, -0.05) is 90.4 Å². The molecular weight excluding hydrogens is 541 g/mol. The Kier molecular flexibility index (Phi) is 13.5. The monoisotopic (exact) mass is 587 g/mol. The zero-order valence-corrected chi connectivity index (χ0v) is 24.3. The van der Waals surface area contributed by atoms with Crippen LogP contribution < -0.4 is 11.3 Å². The van der Waals surface area contributed by atoms with E-state index >= 15 is 0 Å². The number of nitrogens with two attached hydrogens (primary N) is 1. The minimum Gasteiger partial charge on any atom is -0.394 e. The highest BCUT2D eigenvalue weighted by Crippen LogP contribution is 2.45. The number of rotatable bonds is 20. The summed E-state index contributed by atoms with van der Waals surface area (Å²) in [5.74, 6) is -0.126. The van der Waals surface area contributed by atoms with Gasteiger partial charge in [-0.25, -0.2) is 9.55 Å². The highest BCUT2D eigenvalue weighted by molar-refractivity contribution is 7.46. The van der Waals surface area contributed by atoms with Gasteiger partial charge in [0.05, 0.1) is 12.9 Å². The Morgan fingerprint density at radius 1 is 1.00 bits per heavy atom. The first kappa shape index (κ1) is 32.7. The Morgan fingerprint density at radius 2 is 1.57 bits per heavy atom. The number of aliphatic hydroxyl groups excluding tert-OH is 1. The normalized spacial score (nSPS) is 21.5. The standard InChI is InChI=1S/C26H46N5O8P/c1-2-3-4-5-6-7-8-9-10-11-12-13-14-15-16-37-22-21(39-40(34,35)36)19(17-32)38-25(22)31-18-28-20-23(31)29-26(27)30-24(20)33/h18-19,21-22,25,32H,2-17H2,1H3,(H2,34,35,36)(H3,27,29,30,33)/t19-,21-,22-,25-/m1/s1. The van der Waals surface area contributed by atoms with E-state index in [1.54, 1.807) is 0 Å². The lowest BCUT2D eigenvalue weighted by atomic mass is 10.0. The maximum Gasteiger partial charge on any atom is 0.470 e. The van der Waals surface area contributed by atoms with Crippen molar-refractivity contribution in [1.29, 1.82) is 0 Å². The Hall–Kier alpha value is -1.86. The van der Waals surface area contributed by atoms with Gasteiger partial charge >= 0.3 is 7.82 Å². The second-order valence-electron chi connectivity index (χ2n) is 10.5. The molecule has 4 atom stereocenters. The highest BCUT2D eigenvalue weighted by atomic mass is 31.2. The number of fused-ring (bicyclic) bond motifs is 1. The van der Waals surface area contributed by atoms with Gasteiger partial charge in [-0.05, 0) is 6.42 Å². The number of aromatic nitrogens is 4. The van der Waals surface area contributed by atoms with Gasteiger partial charge in [0.1, 0.15) is 18.3 Å². The van der Waals surface area contributed by atoms with Crippen LogP contribution in [0.1, 0.15) is 103 Å². The molecule has 2 aromatic rings. The van der Waals surface area contributed by atoms with Gasteiger partial charge in [-0.15, -0.1) is 0 Å². The summed E-state index contributed by atoms with van der Waals surface area (Å²) < 4.78 is 30.0. The molecule has 0 bridgehead atoms. The van der Waals surface area contributed by atoms with Crippen molar-refractivity contribution >= 4 is 24.9 Å². The van der Waals surface area contributed by atoms with Crippen molar-refractivity contribution in [3.05, 3.63) is 16.7 Å². The van der Waals surface area contributed by atoms with Crippen molar-refractivity contribution in [3.8, 4) is 0 Å². The zero-order valence-electron chi connectivity index (χ0n) is 23.4. The summed E-state index contributed by atoms with van der Waals surface area (Å²) in [5, 5.41) is 9.84. The number of H-pyrrole nitrogens is 1. The van der Waals surface area contributed by atoms with Crippen LogP contribution in [0.5, 0.6) is 0 Å². The first-order chi connectivity index (χ1) is 19.2. The van der Waals surface area contributed by atoms with Gasteiger partial charge in [-0.2, -0.15) is 4.98 Å². The van der Waals surface area contributed by atoms with E-state index in [-0.39, 0.29) is 17.1 Å². The van der Waals surface area contributed by atoms with E-state index in [0.29, 0.717) is 6.61 Å². The molecule has 3 heterocycles. The van der Waals surface area contributed by atoms with Crippen LogP contribution in [0.4, 0.5) is 5.95 Å². The van der Waals surface area contributed by atoms with Crippen LogP contribution in [-0.4, -0.2) is 65.9 Å². The number of hydrogen-bond acceptors (Lipinski definition) is 9. The zero-order chi connectivity index (χ0) is 29.0. The van der Waals surface area contributed by atoms with Crippen LogP contribution >= 0.6 is 7.82 Å². The average molecular weight is 588 g/mol. The van der Waals surface area contributed by atoms with Crippen molar-refractivity contribution in [2.75, 3.05) is 18.9 Å². The van der Waals surface area contributed by atoms with Gasteiger partial charge in [0.2, 0.25) is 5.95 Å². The second kappa shape index (κ2) is 16.5. The van der Waals surface area contributed by atoms with Crippen molar-refractivity contribution in [2.24, 2.45) is 0 Å². The molecule has 6 N–H and O–H groups in total. The lowest BCUT2D eigenvalue weighted by Gasteiger charge is -2.25. The summed E-state index contributed by atoms with van der Waals surface area (Å²) in [4.78, 5) is 41.7. The number of aromatic amines is 1.